The number of rotatable bonds is 5. The van der Waals surface area contributed by atoms with E-state index < -0.39 is 0 Å². The minimum atomic E-state index is -0.153. The van der Waals surface area contributed by atoms with Gasteiger partial charge in [0.2, 0.25) is 5.91 Å². The van der Waals surface area contributed by atoms with Crippen molar-refractivity contribution < 1.29 is 14.3 Å². The second-order valence-corrected chi connectivity index (χ2v) is 4.97. The van der Waals surface area contributed by atoms with Gasteiger partial charge in [-0.3, -0.25) is 14.5 Å². The summed E-state index contributed by atoms with van der Waals surface area (Å²) >= 11 is 0. The number of anilines is 1. The minimum absolute atomic E-state index is 0.129. The molecule has 6 nitrogen and oxygen atoms in total. The van der Waals surface area contributed by atoms with E-state index in [0.29, 0.717) is 17.8 Å². The number of carbonyl (C=O) groups is 2. The molecule has 2 amide bonds. The molecule has 1 aromatic rings. The van der Waals surface area contributed by atoms with Crippen molar-refractivity contribution >= 4 is 17.5 Å². The van der Waals surface area contributed by atoms with Crippen LogP contribution in [0.15, 0.2) is 24.3 Å². The van der Waals surface area contributed by atoms with Gasteiger partial charge in [-0.05, 0) is 18.2 Å². The molecular weight excluding hydrogens is 270 g/mol. The fourth-order valence-corrected chi connectivity index (χ4v) is 2.20. The standard InChI is InChI=1S/C15H21N3O3/c1-12(19)17-14-4-2-3-13(11-14)15(20)16-5-6-18-7-9-21-10-8-18/h2-4,11H,5-10H2,1H3,(H,16,20)(H,17,19). The highest BCUT2D eigenvalue weighted by atomic mass is 16.5. The van der Waals surface area contributed by atoms with Crippen molar-refractivity contribution in [1.82, 2.24) is 10.2 Å². The van der Waals surface area contributed by atoms with Crippen molar-refractivity contribution in [2.45, 2.75) is 6.92 Å². The Kier molecular flexibility index (Phi) is 5.71. The zero-order chi connectivity index (χ0) is 15.1. The Bertz CT molecular complexity index is 499. The predicted molar refractivity (Wildman–Crippen MR) is 80.3 cm³/mol. The van der Waals surface area contributed by atoms with Gasteiger partial charge in [0.05, 0.1) is 13.2 Å². The Morgan fingerprint density at radius 2 is 2.05 bits per heavy atom. The largest absolute Gasteiger partial charge is 0.379 e. The number of ether oxygens (including phenoxy) is 1. The number of nitrogens with one attached hydrogen (secondary N) is 2. The van der Waals surface area contributed by atoms with Gasteiger partial charge in [0.15, 0.2) is 0 Å². The van der Waals surface area contributed by atoms with Gasteiger partial charge in [0.25, 0.3) is 5.91 Å². The van der Waals surface area contributed by atoms with Gasteiger partial charge < -0.3 is 15.4 Å². The molecule has 1 saturated heterocycles. The van der Waals surface area contributed by atoms with E-state index in [9.17, 15) is 9.59 Å². The molecule has 0 aromatic heterocycles. The van der Waals surface area contributed by atoms with Crippen molar-refractivity contribution in [1.29, 1.82) is 0 Å². The topological polar surface area (TPSA) is 70.7 Å². The number of hydrogen-bond donors (Lipinski definition) is 2. The maximum atomic E-state index is 12.1. The Balaban J connectivity index is 1.80. The molecule has 1 aromatic carbocycles. The zero-order valence-corrected chi connectivity index (χ0v) is 12.2. The van der Waals surface area contributed by atoms with E-state index in [1.807, 2.05) is 0 Å². The SMILES string of the molecule is CC(=O)Nc1cccc(C(=O)NCCN2CCOCC2)c1. The first-order valence-electron chi connectivity index (χ1n) is 7.11. The molecular formula is C15H21N3O3. The first kappa shape index (κ1) is 15.5. The van der Waals surface area contributed by atoms with Crippen molar-refractivity contribution in [3.8, 4) is 0 Å². The average Bonchev–Trinajstić information content (AvgIpc) is 2.48. The predicted octanol–water partition coefficient (Wildman–Crippen LogP) is 0.707. The third kappa shape index (κ3) is 5.17. The molecule has 0 atom stereocenters. The second-order valence-electron chi connectivity index (χ2n) is 4.97. The maximum Gasteiger partial charge on any atom is 0.251 e. The van der Waals surface area contributed by atoms with E-state index in [0.717, 1.165) is 32.8 Å². The molecule has 2 rings (SSSR count). The molecule has 1 aliphatic rings. The van der Waals surface area contributed by atoms with E-state index in [4.69, 9.17) is 4.74 Å². The van der Waals surface area contributed by atoms with Crippen LogP contribution in [0, 0.1) is 0 Å². The van der Waals surface area contributed by atoms with Crippen LogP contribution in [0.3, 0.4) is 0 Å². The average molecular weight is 291 g/mol. The van der Waals surface area contributed by atoms with Crippen LogP contribution < -0.4 is 10.6 Å². The number of hydrogen-bond acceptors (Lipinski definition) is 4. The van der Waals surface area contributed by atoms with Crippen LogP contribution in [0.1, 0.15) is 17.3 Å². The third-order valence-electron chi connectivity index (χ3n) is 3.26. The number of benzene rings is 1. The van der Waals surface area contributed by atoms with Crippen LogP contribution in [0.2, 0.25) is 0 Å². The van der Waals surface area contributed by atoms with Gasteiger partial charge in [-0.2, -0.15) is 0 Å². The molecule has 1 aliphatic heterocycles. The molecule has 1 fully saturated rings. The second kappa shape index (κ2) is 7.75. The lowest BCUT2D eigenvalue weighted by Crippen LogP contribution is -2.41. The van der Waals surface area contributed by atoms with E-state index in [1.54, 1.807) is 24.3 Å². The van der Waals surface area contributed by atoms with Crippen LogP contribution in [0.4, 0.5) is 5.69 Å². The van der Waals surface area contributed by atoms with Crippen LogP contribution >= 0.6 is 0 Å². The highest BCUT2D eigenvalue weighted by Crippen LogP contribution is 2.10. The van der Waals surface area contributed by atoms with E-state index in [1.165, 1.54) is 6.92 Å². The van der Waals surface area contributed by atoms with E-state index in [2.05, 4.69) is 15.5 Å². The monoisotopic (exact) mass is 291 g/mol. The van der Waals surface area contributed by atoms with E-state index >= 15 is 0 Å². The molecule has 0 saturated carbocycles. The third-order valence-corrected chi connectivity index (χ3v) is 3.26. The van der Waals surface area contributed by atoms with Crippen molar-refractivity contribution in [3.05, 3.63) is 29.8 Å². The van der Waals surface area contributed by atoms with Crippen LogP contribution in [-0.2, 0) is 9.53 Å². The van der Waals surface area contributed by atoms with Gasteiger partial charge in [0, 0.05) is 44.4 Å². The lowest BCUT2D eigenvalue weighted by atomic mass is 10.2. The number of morpholine rings is 1. The first-order chi connectivity index (χ1) is 10.1. The van der Waals surface area contributed by atoms with Crippen molar-refractivity contribution in [2.24, 2.45) is 0 Å². The lowest BCUT2D eigenvalue weighted by Gasteiger charge is -2.26. The van der Waals surface area contributed by atoms with Crippen LogP contribution in [0.25, 0.3) is 0 Å². The Labute approximate surface area is 124 Å². The summed E-state index contributed by atoms with van der Waals surface area (Å²) in [6, 6.07) is 6.91. The highest BCUT2D eigenvalue weighted by Gasteiger charge is 2.11. The fourth-order valence-electron chi connectivity index (χ4n) is 2.20. The summed E-state index contributed by atoms with van der Waals surface area (Å²) in [5, 5.41) is 5.56. The summed E-state index contributed by atoms with van der Waals surface area (Å²) in [7, 11) is 0. The van der Waals surface area contributed by atoms with Gasteiger partial charge in [-0.1, -0.05) is 6.07 Å². The molecule has 114 valence electrons. The van der Waals surface area contributed by atoms with Gasteiger partial charge >= 0.3 is 0 Å². The summed E-state index contributed by atoms with van der Waals surface area (Å²) in [5.74, 6) is -0.282. The molecule has 0 bridgehead atoms. The molecule has 21 heavy (non-hydrogen) atoms. The number of nitrogens with zero attached hydrogens (tertiary/aromatic N) is 1. The fraction of sp³-hybridized carbons (Fsp3) is 0.467. The summed E-state index contributed by atoms with van der Waals surface area (Å²) in [6.45, 7) is 6.19. The molecule has 6 heteroatoms. The molecule has 0 aliphatic carbocycles. The lowest BCUT2D eigenvalue weighted by molar-refractivity contribution is -0.114. The number of carbonyl (C=O) groups excluding carboxylic acids is 2. The zero-order valence-electron chi connectivity index (χ0n) is 12.2. The van der Waals surface area contributed by atoms with E-state index in [-0.39, 0.29) is 11.8 Å². The normalized spacial score (nSPS) is 15.5. The smallest absolute Gasteiger partial charge is 0.251 e. The molecule has 2 N–H and O–H groups in total. The van der Waals surface area contributed by atoms with Gasteiger partial charge in [-0.15, -0.1) is 0 Å². The molecule has 0 unspecified atom stereocenters. The van der Waals surface area contributed by atoms with Crippen molar-refractivity contribution in [3.63, 3.8) is 0 Å². The Morgan fingerprint density at radius 1 is 1.29 bits per heavy atom. The summed E-state index contributed by atoms with van der Waals surface area (Å²) in [4.78, 5) is 25.3. The van der Waals surface area contributed by atoms with Gasteiger partial charge in [-0.25, -0.2) is 0 Å². The highest BCUT2D eigenvalue weighted by molar-refractivity contribution is 5.96. The molecule has 0 radical (unpaired) electrons. The Morgan fingerprint density at radius 3 is 2.76 bits per heavy atom. The van der Waals surface area contributed by atoms with Gasteiger partial charge in [0.1, 0.15) is 0 Å². The van der Waals surface area contributed by atoms with Crippen LogP contribution in [-0.4, -0.2) is 56.1 Å². The van der Waals surface area contributed by atoms with Crippen LogP contribution in [0.5, 0.6) is 0 Å². The Hall–Kier alpha value is -1.92. The first-order valence-corrected chi connectivity index (χ1v) is 7.11. The summed E-state index contributed by atoms with van der Waals surface area (Å²) < 4.78 is 5.28. The van der Waals surface area contributed by atoms with Crippen molar-refractivity contribution in [2.75, 3.05) is 44.7 Å². The summed E-state index contributed by atoms with van der Waals surface area (Å²) in [5.41, 5.74) is 1.17. The molecule has 0 spiro atoms. The quantitative estimate of drug-likeness (QED) is 0.838. The minimum Gasteiger partial charge on any atom is -0.379 e. The maximum absolute atomic E-state index is 12.1. The molecule has 1 heterocycles. The number of amides is 2. The summed E-state index contributed by atoms with van der Waals surface area (Å²) in [6.07, 6.45) is 0.